The largest absolute Gasteiger partial charge is 0.463 e. The molecule has 0 bridgehead atoms. The highest BCUT2D eigenvalue weighted by Gasteiger charge is 2.62. The van der Waals surface area contributed by atoms with Crippen LogP contribution in [0.25, 0.3) is 0 Å². The maximum Gasteiger partial charge on any atom is 0.303 e. The number of ether oxygens (including phenoxy) is 21. The third-order valence-electron chi connectivity index (χ3n) is 12.3. The molecule has 0 saturated carbocycles. The summed E-state index contributed by atoms with van der Waals surface area (Å²) in [6.07, 6.45) is -40.0. The van der Waals surface area contributed by atoms with Gasteiger partial charge < -0.3 is 99.5 Å². The van der Waals surface area contributed by atoms with Gasteiger partial charge in [0.15, 0.2) is 67.7 Å². The molecule has 4 rings (SSSR count). The maximum atomic E-state index is 13.4. The highest BCUT2D eigenvalue weighted by Crippen LogP contribution is 2.41. The zero-order valence-electron chi connectivity index (χ0n) is 50.4. The Bertz CT molecular complexity index is 2650. The van der Waals surface area contributed by atoms with Gasteiger partial charge in [-0.05, 0) is 0 Å². The standard InChI is InChI=1S/C52H68Cl3NO34/c1-18(57)70-14-31-35(74-22(5)61)39(75-23(6)62)43(79-27(10)66)47(83-31)87-36-32(15-71-19(2)58)84-48(44(80-28(11)67)40(36)76-24(7)63)88-37-33(16-72-20(3)59)85-49(45(81-29(12)68)41(37)77-25(8)64)89-38-34(17-73-21(4)60)86-50(90-51(56)52(53,54)55)46(82-30(13)69)42(38)78-26(9)65/h31-50,56H,14-17H2,1-13H3/t31-,32-,33-,34-,35-,36-,37-,38-,39+,40+,41+,42?,43-,44-,45-,46-,47-,48-,49-,50?/m1/s1. The lowest BCUT2D eigenvalue weighted by Crippen LogP contribution is -2.69. The lowest BCUT2D eigenvalue weighted by Gasteiger charge is -2.51. The van der Waals surface area contributed by atoms with Gasteiger partial charge in [-0.15, -0.1) is 0 Å². The average Bonchev–Trinajstić information content (AvgIpc) is 0.806. The summed E-state index contributed by atoms with van der Waals surface area (Å²) in [4.78, 5) is 167. The van der Waals surface area contributed by atoms with Gasteiger partial charge in [0.2, 0.25) is 18.3 Å². The molecular formula is C52H68Cl3NO34. The minimum Gasteiger partial charge on any atom is -0.463 e. The van der Waals surface area contributed by atoms with Crippen LogP contribution in [0, 0.1) is 5.41 Å². The van der Waals surface area contributed by atoms with E-state index < -0.39 is 237 Å². The van der Waals surface area contributed by atoms with E-state index in [-0.39, 0.29) is 0 Å². The van der Waals surface area contributed by atoms with Crippen molar-refractivity contribution in [2.24, 2.45) is 0 Å². The van der Waals surface area contributed by atoms with Crippen LogP contribution < -0.4 is 0 Å². The predicted octanol–water partition coefficient (Wildman–Crippen LogP) is 0.0434. The molecular weight excluding hydrogens is 1290 g/mol. The number of nitrogens with one attached hydrogen (secondary N) is 1. The third kappa shape index (κ3) is 22.8. The van der Waals surface area contributed by atoms with Gasteiger partial charge in [-0.25, -0.2) is 0 Å². The number of hydrogen-bond acceptors (Lipinski definition) is 35. The molecule has 4 aliphatic heterocycles. The molecule has 0 amide bonds. The molecule has 506 valence electrons. The van der Waals surface area contributed by atoms with Crippen LogP contribution in [0.3, 0.4) is 0 Å². The van der Waals surface area contributed by atoms with Crippen molar-refractivity contribution < 1.29 is 162 Å². The Balaban J connectivity index is 2.00. The van der Waals surface area contributed by atoms with E-state index in [1.165, 1.54) is 0 Å². The first kappa shape index (κ1) is 75.6. The molecule has 38 heteroatoms. The highest BCUT2D eigenvalue weighted by molar-refractivity contribution is 6.76. The monoisotopic (exact) mass is 1360 g/mol. The summed E-state index contributed by atoms with van der Waals surface area (Å²) in [6, 6.07) is 0. The van der Waals surface area contributed by atoms with Crippen LogP contribution in [-0.4, -0.2) is 237 Å². The first-order valence-corrected chi connectivity index (χ1v) is 28.0. The van der Waals surface area contributed by atoms with Crippen molar-refractivity contribution in [1.29, 1.82) is 5.41 Å². The minimum atomic E-state index is -2.59. The summed E-state index contributed by atoms with van der Waals surface area (Å²) >= 11 is 17.7. The van der Waals surface area contributed by atoms with Gasteiger partial charge in [0.1, 0.15) is 69.2 Å². The molecule has 4 heterocycles. The van der Waals surface area contributed by atoms with E-state index in [2.05, 4.69) is 0 Å². The molecule has 0 aliphatic carbocycles. The Hall–Kier alpha value is -6.83. The summed E-state index contributed by atoms with van der Waals surface area (Å²) in [7, 11) is 0. The quantitative estimate of drug-likeness (QED) is 0.0438. The molecule has 90 heavy (non-hydrogen) atoms. The molecule has 4 saturated heterocycles. The summed E-state index contributed by atoms with van der Waals surface area (Å²) in [6.45, 7) is 8.48. The summed E-state index contributed by atoms with van der Waals surface area (Å²) in [5.41, 5.74) is 0. The van der Waals surface area contributed by atoms with E-state index in [0.717, 1.165) is 90.0 Å². The fourth-order valence-corrected chi connectivity index (χ4v) is 9.45. The summed E-state index contributed by atoms with van der Waals surface area (Å²) in [5.74, 6) is -15.0. The fourth-order valence-electron chi connectivity index (χ4n) is 9.32. The Morgan fingerprint density at radius 3 is 0.689 bits per heavy atom. The van der Waals surface area contributed by atoms with E-state index in [0.29, 0.717) is 0 Å². The number of esters is 13. The van der Waals surface area contributed by atoms with E-state index in [1.54, 1.807) is 0 Å². The molecule has 0 radical (unpaired) electrons. The topological polar surface area (TPSA) is 440 Å². The molecule has 4 aliphatic rings. The number of carbonyl (C=O) groups excluding carboxylic acids is 13. The molecule has 0 aromatic heterocycles. The van der Waals surface area contributed by atoms with Gasteiger partial charge in [0, 0.05) is 90.0 Å². The van der Waals surface area contributed by atoms with Crippen molar-refractivity contribution in [2.75, 3.05) is 26.4 Å². The zero-order chi connectivity index (χ0) is 67.8. The van der Waals surface area contributed by atoms with Gasteiger partial charge in [0.25, 0.3) is 3.79 Å². The van der Waals surface area contributed by atoms with E-state index >= 15 is 0 Å². The normalized spacial score (nSPS) is 31.4. The average molecular weight is 1360 g/mol. The molecule has 4 fully saturated rings. The second-order valence-electron chi connectivity index (χ2n) is 19.8. The SMILES string of the molecule is CC(=O)OC[C@H]1O[C@H](O[C@H]2[C@H](OC(C)=O)[C@@H](OC(C)=O)[C@@H](O[C@H]3[C@H](OC(C)=O)[C@@H](OC(C)=O)[C@@H](O[C@H]4C(OC(C)=O)[C@@H](OC(C)=O)C(OC(=N)C(Cl)(Cl)Cl)O[C@@H]4COC(C)=O)O[C@@H]3COC(C)=O)O[C@@H]2COC(C)=O)[C@H](OC(C)=O)[C@@H](OC(C)=O)[C@@H]1OC(C)=O. The fraction of sp³-hybridized carbons (Fsp3) is 0.731. The minimum absolute atomic E-state index is 0.761. The smallest absolute Gasteiger partial charge is 0.303 e. The van der Waals surface area contributed by atoms with Gasteiger partial charge in [-0.1, -0.05) is 34.8 Å². The molecule has 0 spiro atoms. The molecule has 0 aromatic carbocycles. The number of halogens is 3. The highest BCUT2D eigenvalue weighted by atomic mass is 35.6. The van der Waals surface area contributed by atoms with Gasteiger partial charge >= 0.3 is 77.6 Å². The van der Waals surface area contributed by atoms with E-state index in [9.17, 15) is 62.3 Å². The molecule has 1 N–H and O–H groups in total. The Morgan fingerprint density at radius 1 is 0.278 bits per heavy atom. The van der Waals surface area contributed by atoms with E-state index in [1.807, 2.05) is 0 Å². The maximum absolute atomic E-state index is 13.4. The lowest BCUT2D eigenvalue weighted by molar-refractivity contribution is -0.387. The van der Waals surface area contributed by atoms with Gasteiger partial charge in [-0.2, -0.15) is 0 Å². The van der Waals surface area contributed by atoms with Crippen LogP contribution in [0.4, 0.5) is 0 Å². The predicted molar refractivity (Wildman–Crippen MR) is 285 cm³/mol. The number of hydrogen-bond donors (Lipinski definition) is 1. The summed E-state index contributed by atoms with van der Waals surface area (Å²) in [5, 5.41) is 8.26. The molecule has 0 aromatic rings. The number of rotatable bonds is 24. The lowest BCUT2D eigenvalue weighted by atomic mass is 9.94. The van der Waals surface area contributed by atoms with Crippen molar-refractivity contribution in [2.45, 2.75) is 217 Å². The first-order valence-electron chi connectivity index (χ1n) is 26.9. The first-order chi connectivity index (χ1) is 41.9. The number of alkyl halides is 3. The van der Waals surface area contributed by atoms with Gasteiger partial charge in [0.05, 0.1) is 0 Å². The van der Waals surface area contributed by atoms with Crippen LogP contribution >= 0.6 is 34.8 Å². The van der Waals surface area contributed by atoms with Crippen LogP contribution in [0.2, 0.25) is 0 Å². The zero-order valence-corrected chi connectivity index (χ0v) is 52.7. The summed E-state index contributed by atoms with van der Waals surface area (Å²) < 4.78 is 119. The van der Waals surface area contributed by atoms with Crippen LogP contribution in [0.15, 0.2) is 0 Å². The van der Waals surface area contributed by atoms with Crippen LogP contribution in [0.5, 0.6) is 0 Å². The molecule has 2 unspecified atom stereocenters. The Morgan fingerprint density at radius 2 is 0.467 bits per heavy atom. The molecule has 20 atom stereocenters. The van der Waals surface area contributed by atoms with E-state index in [4.69, 9.17) is 140 Å². The van der Waals surface area contributed by atoms with Crippen molar-refractivity contribution >= 4 is 118 Å². The van der Waals surface area contributed by atoms with Crippen molar-refractivity contribution in [1.82, 2.24) is 0 Å². The third-order valence-corrected chi connectivity index (χ3v) is 12.8. The Labute approximate surface area is 526 Å². The van der Waals surface area contributed by atoms with Crippen molar-refractivity contribution in [3.8, 4) is 0 Å². The van der Waals surface area contributed by atoms with Crippen LogP contribution in [0.1, 0.15) is 90.0 Å². The van der Waals surface area contributed by atoms with Crippen molar-refractivity contribution in [3.05, 3.63) is 0 Å². The van der Waals surface area contributed by atoms with Crippen LogP contribution in [-0.2, 0) is 162 Å². The second kappa shape index (κ2) is 34.0. The second-order valence-corrected chi connectivity index (χ2v) is 22.1. The van der Waals surface area contributed by atoms with Gasteiger partial charge in [-0.3, -0.25) is 67.7 Å². The number of carbonyl (C=O) groups is 13. The van der Waals surface area contributed by atoms with Crippen molar-refractivity contribution in [3.63, 3.8) is 0 Å². The Kier molecular flexibility index (Phi) is 28.6. The molecule has 35 nitrogen and oxygen atoms in total.